The summed E-state index contributed by atoms with van der Waals surface area (Å²) >= 11 is 0. The van der Waals surface area contributed by atoms with Crippen molar-refractivity contribution in [3.63, 3.8) is 0 Å². The van der Waals surface area contributed by atoms with Gasteiger partial charge in [-0.3, -0.25) is 4.79 Å². The first-order chi connectivity index (χ1) is 13.5. The zero-order valence-corrected chi connectivity index (χ0v) is 16.3. The van der Waals surface area contributed by atoms with Crippen LogP contribution in [-0.4, -0.2) is 15.3 Å². The van der Waals surface area contributed by atoms with Gasteiger partial charge in [-0.25, -0.2) is 4.98 Å². The SMILES string of the molecule is Cc1ccn2c(CC(=O)NCc3ccco3)c(-c3ccc(C)c(C)c3)nc2c1. The second kappa shape index (κ2) is 7.35. The molecule has 0 aliphatic rings. The first kappa shape index (κ1) is 18.0. The number of carbonyl (C=O) groups is 1. The number of benzene rings is 1. The Morgan fingerprint density at radius 1 is 1.11 bits per heavy atom. The third-order valence-corrected chi connectivity index (χ3v) is 5.03. The Morgan fingerprint density at radius 3 is 2.71 bits per heavy atom. The highest BCUT2D eigenvalue weighted by Gasteiger charge is 2.17. The van der Waals surface area contributed by atoms with Gasteiger partial charge < -0.3 is 14.1 Å². The fourth-order valence-electron chi connectivity index (χ4n) is 3.30. The van der Waals surface area contributed by atoms with Crippen molar-refractivity contribution in [2.45, 2.75) is 33.7 Å². The number of rotatable bonds is 5. The average molecular weight is 373 g/mol. The maximum atomic E-state index is 12.6. The molecule has 3 heterocycles. The van der Waals surface area contributed by atoms with Crippen LogP contribution in [0, 0.1) is 20.8 Å². The van der Waals surface area contributed by atoms with Gasteiger partial charge in [0.1, 0.15) is 11.4 Å². The molecule has 0 saturated heterocycles. The van der Waals surface area contributed by atoms with Gasteiger partial charge in [0, 0.05) is 11.8 Å². The Bertz CT molecular complexity index is 1140. The average Bonchev–Trinajstić information content (AvgIpc) is 3.30. The molecule has 0 bridgehead atoms. The Morgan fingerprint density at radius 2 is 1.96 bits per heavy atom. The van der Waals surface area contributed by atoms with Crippen LogP contribution < -0.4 is 5.32 Å². The molecule has 5 heteroatoms. The van der Waals surface area contributed by atoms with Crippen molar-refractivity contribution in [2.24, 2.45) is 0 Å². The van der Waals surface area contributed by atoms with E-state index in [-0.39, 0.29) is 12.3 Å². The predicted octanol–water partition coefficient (Wildman–Crippen LogP) is 4.38. The van der Waals surface area contributed by atoms with E-state index in [0.29, 0.717) is 6.54 Å². The highest BCUT2D eigenvalue weighted by Crippen LogP contribution is 2.27. The number of imidazole rings is 1. The second-order valence-electron chi connectivity index (χ2n) is 7.17. The zero-order valence-electron chi connectivity index (χ0n) is 16.3. The van der Waals surface area contributed by atoms with Crippen LogP contribution in [0.4, 0.5) is 0 Å². The van der Waals surface area contributed by atoms with Crippen molar-refractivity contribution in [1.29, 1.82) is 0 Å². The molecular formula is C23H23N3O2. The van der Waals surface area contributed by atoms with E-state index in [9.17, 15) is 4.79 Å². The van der Waals surface area contributed by atoms with Gasteiger partial charge in [0.2, 0.25) is 5.91 Å². The minimum absolute atomic E-state index is 0.0659. The molecule has 5 nitrogen and oxygen atoms in total. The predicted molar refractivity (Wildman–Crippen MR) is 109 cm³/mol. The van der Waals surface area contributed by atoms with Gasteiger partial charge in [0.25, 0.3) is 0 Å². The van der Waals surface area contributed by atoms with Crippen LogP contribution in [0.3, 0.4) is 0 Å². The normalized spacial score (nSPS) is 11.1. The first-order valence-corrected chi connectivity index (χ1v) is 9.35. The molecule has 1 N–H and O–H groups in total. The molecule has 4 aromatic rings. The lowest BCUT2D eigenvalue weighted by atomic mass is 10.0. The van der Waals surface area contributed by atoms with E-state index in [2.05, 4.69) is 37.4 Å². The molecule has 142 valence electrons. The molecule has 0 aliphatic heterocycles. The molecular weight excluding hydrogens is 350 g/mol. The molecule has 1 aromatic carbocycles. The number of nitrogens with one attached hydrogen (secondary N) is 1. The quantitative estimate of drug-likeness (QED) is 0.565. The van der Waals surface area contributed by atoms with Gasteiger partial charge in [0.15, 0.2) is 0 Å². The number of nitrogens with zero attached hydrogens (tertiary/aromatic N) is 2. The highest BCUT2D eigenvalue weighted by molar-refractivity contribution is 5.81. The number of amides is 1. The Kier molecular flexibility index (Phi) is 4.74. The molecule has 0 radical (unpaired) electrons. The minimum Gasteiger partial charge on any atom is -0.467 e. The molecule has 0 fully saturated rings. The van der Waals surface area contributed by atoms with Gasteiger partial charge in [-0.1, -0.05) is 12.1 Å². The van der Waals surface area contributed by atoms with Crippen LogP contribution in [0.2, 0.25) is 0 Å². The van der Waals surface area contributed by atoms with Crippen molar-refractivity contribution in [1.82, 2.24) is 14.7 Å². The lowest BCUT2D eigenvalue weighted by molar-refractivity contribution is -0.120. The third kappa shape index (κ3) is 3.56. The van der Waals surface area contributed by atoms with Gasteiger partial charge in [0.05, 0.1) is 30.6 Å². The van der Waals surface area contributed by atoms with Gasteiger partial charge in [-0.2, -0.15) is 0 Å². The molecule has 0 aliphatic carbocycles. The van der Waals surface area contributed by atoms with Crippen LogP contribution in [0.5, 0.6) is 0 Å². The fraction of sp³-hybridized carbons (Fsp3) is 0.217. The van der Waals surface area contributed by atoms with Gasteiger partial charge in [-0.15, -0.1) is 0 Å². The fourth-order valence-corrected chi connectivity index (χ4v) is 3.30. The lowest BCUT2D eigenvalue weighted by Gasteiger charge is -2.08. The number of carbonyl (C=O) groups excluding carboxylic acids is 1. The summed E-state index contributed by atoms with van der Waals surface area (Å²) in [6.07, 6.45) is 3.83. The van der Waals surface area contributed by atoms with Crippen LogP contribution in [-0.2, 0) is 17.8 Å². The summed E-state index contributed by atoms with van der Waals surface area (Å²) in [4.78, 5) is 17.5. The molecule has 0 atom stereocenters. The number of aryl methyl sites for hydroxylation is 3. The summed E-state index contributed by atoms with van der Waals surface area (Å²) < 4.78 is 7.29. The van der Waals surface area contributed by atoms with Crippen molar-refractivity contribution in [3.05, 3.63) is 83.1 Å². The maximum absolute atomic E-state index is 12.6. The van der Waals surface area contributed by atoms with Crippen LogP contribution in [0.15, 0.2) is 59.3 Å². The van der Waals surface area contributed by atoms with Crippen molar-refractivity contribution < 1.29 is 9.21 Å². The zero-order chi connectivity index (χ0) is 19.7. The highest BCUT2D eigenvalue weighted by atomic mass is 16.3. The monoisotopic (exact) mass is 373 g/mol. The lowest BCUT2D eigenvalue weighted by Crippen LogP contribution is -2.25. The Balaban J connectivity index is 1.70. The van der Waals surface area contributed by atoms with E-state index >= 15 is 0 Å². The van der Waals surface area contributed by atoms with E-state index in [0.717, 1.165) is 33.9 Å². The summed E-state index contributed by atoms with van der Waals surface area (Å²) in [7, 11) is 0. The molecule has 1 amide bonds. The first-order valence-electron chi connectivity index (χ1n) is 9.35. The van der Waals surface area contributed by atoms with E-state index in [1.165, 1.54) is 11.1 Å². The molecule has 0 saturated carbocycles. The summed E-state index contributed by atoms with van der Waals surface area (Å²) in [5.74, 6) is 0.667. The minimum atomic E-state index is -0.0659. The van der Waals surface area contributed by atoms with Crippen LogP contribution in [0.1, 0.15) is 28.1 Å². The van der Waals surface area contributed by atoms with E-state index in [1.807, 2.05) is 41.8 Å². The summed E-state index contributed by atoms with van der Waals surface area (Å²) in [5.41, 5.74) is 7.19. The Labute approximate surface area is 164 Å². The summed E-state index contributed by atoms with van der Waals surface area (Å²) in [6.45, 7) is 6.60. The number of pyridine rings is 1. The number of hydrogen-bond donors (Lipinski definition) is 1. The second-order valence-corrected chi connectivity index (χ2v) is 7.17. The van der Waals surface area contributed by atoms with Crippen molar-refractivity contribution >= 4 is 11.6 Å². The van der Waals surface area contributed by atoms with E-state index in [1.54, 1.807) is 6.26 Å². The number of fused-ring (bicyclic) bond motifs is 1. The Hall–Kier alpha value is -3.34. The molecule has 28 heavy (non-hydrogen) atoms. The topological polar surface area (TPSA) is 59.5 Å². The molecule has 3 aromatic heterocycles. The van der Waals surface area contributed by atoms with Crippen molar-refractivity contribution in [3.8, 4) is 11.3 Å². The number of furan rings is 1. The molecule has 4 rings (SSSR count). The summed E-state index contributed by atoms with van der Waals surface area (Å²) in [6, 6.07) is 14.0. The molecule has 0 spiro atoms. The van der Waals surface area contributed by atoms with Gasteiger partial charge in [-0.05, 0) is 67.8 Å². The van der Waals surface area contributed by atoms with Crippen molar-refractivity contribution in [2.75, 3.05) is 0 Å². The van der Waals surface area contributed by atoms with E-state index in [4.69, 9.17) is 9.40 Å². The standard InChI is InChI=1S/C23H23N3O2/c1-15-8-9-26-20(13-22(27)24-14-19-5-4-10-28-19)23(25-21(26)11-15)18-7-6-16(2)17(3)12-18/h4-12H,13-14H2,1-3H3,(H,24,27). The summed E-state index contributed by atoms with van der Waals surface area (Å²) in [5, 5.41) is 2.92. The number of aromatic nitrogens is 2. The van der Waals surface area contributed by atoms with Crippen LogP contribution >= 0.6 is 0 Å². The van der Waals surface area contributed by atoms with Gasteiger partial charge >= 0.3 is 0 Å². The van der Waals surface area contributed by atoms with E-state index < -0.39 is 0 Å². The number of hydrogen-bond acceptors (Lipinski definition) is 3. The molecule has 0 unspecified atom stereocenters. The third-order valence-electron chi connectivity index (χ3n) is 5.03. The smallest absolute Gasteiger partial charge is 0.226 e. The largest absolute Gasteiger partial charge is 0.467 e. The maximum Gasteiger partial charge on any atom is 0.226 e. The van der Waals surface area contributed by atoms with Crippen LogP contribution in [0.25, 0.3) is 16.9 Å².